The summed E-state index contributed by atoms with van der Waals surface area (Å²) in [7, 11) is 0. The molecule has 1 fully saturated rings. The molecule has 1 aliphatic rings. The summed E-state index contributed by atoms with van der Waals surface area (Å²) >= 11 is 0. The zero-order chi connectivity index (χ0) is 15.4. The molecule has 4 heteroatoms. The molecule has 2 aromatic rings. The third kappa shape index (κ3) is 2.86. The first-order chi connectivity index (χ1) is 10.7. The molecule has 3 rings (SSSR count). The van der Waals surface area contributed by atoms with Gasteiger partial charge in [-0.05, 0) is 48.6 Å². The second-order valence-corrected chi connectivity index (χ2v) is 5.81. The van der Waals surface area contributed by atoms with Crippen molar-refractivity contribution in [3.63, 3.8) is 0 Å². The molecule has 3 nitrogen and oxygen atoms in total. The molecule has 1 aliphatic carbocycles. The van der Waals surface area contributed by atoms with Crippen LogP contribution in [-0.2, 0) is 16.6 Å². The summed E-state index contributed by atoms with van der Waals surface area (Å²) in [5, 5.41) is 3.03. The lowest BCUT2D eigenvalue weighted by Gasteiger charge is -2.40. The normalized spacial score (nSPS) is 15.9. The minimum atomic E-state index is -0.470. The molecule has 1 N–H and O–H groups in total. The van der Waals surface area contributed by atoms with Crippen molar-refractivity contribution in [3.8, 4) is 0 Å². The highest BCUT2D eigenvalue weighted by Crippen LogP contribution is 2.43. The number of rotatable bonds is 5. The van der Waals surface area contributed by atoms with E-state index in [1.165, 1.54) is 12.1 Å². The monoisotopic (exact) mass is 298 g/mol. The van der Waals surface area contributed by atoms with E-state index < -0.39 is 5.41 Å². The van der Waals surface area contributed by atoms with Gasteiger partial charge in [0.1, 0.15) is 5.82 Å². The summed E-state index contributed by atoms with van der Waals surface area (Å²) in [6.07, 6.45) is 7.01. The number of nitrogens with zero attached hydrogens (tertiary/aromatic N) is 1. The van der Waals surface area contributed by atoms with E-state index in [9.17, 15) is 9.18 Å². The van der Waals surface area contributed by atoms with Crippen molar-refractivity contribution in [2.75, 3.05) is 6.54 Å². The SMILES string of the molecule is O=C(NCCc1cccnc1)C1(c2ccc(F)cc2)CCC1. The fourth-order valence-electron chi connectivity index (χ4n) is 2.98. The van der Waals surface area contributed by atoms with Crippen LogP contribution in [0.5, 0.6) is 0 Å². The number of pyridine rings is 1. The summed E-state index contributed by atoms with van der Waals surface area (Å²) in [6.45, 7) is 0.591. The fourth-order valence-corrected chi connectivity index (χ4v) is 2.98. The average Bonchev–Trinajstić information content (AvgIpc) is 2.49. The zero-order valence-electron chi connectivity index (χ0n) is 12.4. The second-order valence-electron chi connectivity index (χ2n) is 5.81. The van der Waals surface area contributed by atoms with Crippen LogP contribution in [0.1, 0.15) is 30.4 Å². The number of carbonyl (C=O) groups excluding carboxylic acids is 1. The highest BCUT2D eigenvalue weighted by atomic mass is 19.1. The maximum Gasteiger partial charge on any atom is 0.230 e. The Morgan fingerprint density at radius 3 is 2.59 bits per heavy atom. The summed E-state index contributed by atoms with van der Waals surface area (Å²) < 4.78 is 13.1. The van der Waals surface area contributed by atoms with Crippen LogP contribution in [0.4, 0.5) is 4.39 Å². The van der Waals surface area contributed by atoms with E-state index >= 15 is 0 Å². The minimum Gasteiger partial charge on any atom is -0.355 e. The minimum absolute atomic E-state index is 0.0502. The summed E-state index contributed by atoms with van der Waals surface area (Å²) in [4.78, 5) is 16.7. The highest BCUT2D eigenvalue weighted by molar-refractivity contribution is 5.89. The Balaban J connectivity index is 1.63. The van der Waals surface area contributed by atoms with Gasteiger partial charge < -0.3 is 5.32 Å². The van der Waals surface area contributed by atoms with Crippen molar-refractivity contribution < 1.29 is 9.18 Å². The first kappa shape index (κ1) is 14.7. The van der Waals surface area contributed by atoms with Gasteiger partial charge in [-0.15, -0.1) is 0 Å². The topological polar surface area (TPSA) is 42.0 Å². The van der Waals surface area contributed by atoms with E-state index in [4.69, 9.17) is 0 Å². The van der Waals surface area contributed by atoms with E-state index in [-0.39, 0.29) is 11.7 Å². The van der Waals surface area contributed by atoms with Gasteiger partial charge in [0.15, 0.2) is 0 Å². The van der Waals surface area contributed by atoms with Crippen LogP contribution in [0.3, 0.4) is 0 Å². The van der Waals surface area contributed by atoms with Gasteiger partial charge in [-0.25, -0.2) is 4.39 Å². The maximum absolute atomic E-state index is 13.1. The second kappa shape index (κ2) is 6.26. The average molecular weight is 298 g/mol. The van der Waals surface area contributed by atoms with E-state index in [2.05, 4.69) is 10.3 Å². The van der Waals surface area contributed by atoms with E-state index in [1.807, 2.05) is 18.3 Å². The van der Waals surface area contributed by atoms with E-state index in [1.54, 1.807) is 18.3 Å². The Morgan fingerprint density at radius 1 is 1.23 bits per heavy atom. The summed E-state index contributed by atoms with van der Waals surface area (Å²) in [6, 6.07) is 10.2. The van der Waals surface area contributed by atoms with Gasteiger partial charge in [-0.2, -0.15) is 0 Å². The fraction of sp³-hybridized carbons (Fsp3) is 0.333. The highest BCUT2D eigenvalue weighted by Gasteiger charge is 2.45. The number of amides is 1. The first-order valence-electron chi connectivity index (χ1n) is 7.64. The van der Waals surface area contributed by atoms with Crippen LogP contribution < -0.4 is 5.32 Å². The lowest BCUT2D eigenvalue weighted by molar-refractivity contribution is -0.129. The molecule has 0 bridgehead atoms. The van der Waals surface area contributed by atoms with Crippen LogP contribution in [0, 0.1) is 5.82 Å². The van der Waals surface area contributed by atoms with Crippen molar-refractivity contribution in [1.82, 2.24) is 10.3 Å². The van der Waals surface area contributed by atoms with Gasteiger partial charge >= 0.3 is 0 Å². The van der Waals surface area contributed by atoms with Gasteiger partial charge in [0.2, 0.25) is 5.91 Å². The first-order valence-corrected chi connectivity index (χ1v) is 7.64. The smallest absolute Gasteiger partial charge is 0.230 e. The Morgan fingerprint density at radius 2 is 2.00 bits per heavy atom. The third-order valence-electron chi connectivity index (χ3n) is 4.46. The van der Waals surface area contributed by atoms with Crippen LogP contribution >= 0.6 is 0 Å². The molecular formula is C18H19FN2O. The quantitative estimate of drug-likeness (QED) is 0.922. The number of nitrogens with one attached hydrogen (secondary N) is 1. The van der Waals surface area contributed by atoms with Crippen LogP contribution in [0.2, 0.25) is 0 Å². The van der Waals surface area contributed by atoms with E-state index in [0.29, 0.717) is 6.54 Å². The Labute approximate surface area is 129 Å². The van der Waals surface area contributed by atoms with Crippen molar-refractivity contribution >= 4 is 5.91 Å². The molecule has 1 heterocycles. The Bertz CT molecular complexity index is 636. The van der Waals surface area contributed by atoms with Crippen LogP contribution in [0.25, 0.3) is 0 Å². The molecule has 0 spiro atoms. The van der Waals surface area contributed by atoms with Gasteiger partial charge in [0.25, 0.3) is 0 Å². The number of carbonyl (C=O) groups is 1. The summed E-state index contributed by atoms with van der Waals surface area (Å²) in [5.74, 6) is -0.218. The zero-order valence-corrected chi connectivity index (χ0v) is 12.4. The molecular weight excluding hydrogens is 279 g/mol. The van der Waals surface area contributed by atoms with Crippen molar-refractivity contribution in [2.45, 2.75) is 31.1 Å². The number of benzene rings is 1. The van der Waals surface area contributed by atoms with E-state index in [0.717, 1.165) is 36.8 Å². The largest absolute Gasteiger partial charge is 0.355 e. The molecule has 0 saturated heterocycles. The molecule has 0 atom stereocenters. The molecule has 0 radical (unpaired) electrons. The predicted octanol–water partition coefficient (Wildman–Crippen LogP) is 3.00. The molecule has 22 heavy (non-hydrogen) atoms. The third-order valence-corrected chi connectivity index (χ3v) is 4.46. The van der Waals surface area contributed by atoms with Crippen LogP contribution in [-0.4, -0.2) is 17.4 Å². The van der Waals surface area contributed by atoms with Crippen molar-refractivity contribution in [3.05, 3.63) is 65.7 Å². The van der Waals surface area contributed by atoms with Crippen molar-refractivity contribution in [1.29, 1.82) is 0 Å². The Hall–Kier alpha value is -2.23. The number of aromatic nitrogens is 1. The standard InChI is InChI=1S/C18H19FN2O/c19-16-6-4-15(5-7-16)18(9-2-10-18)17(22)21-12-8-14-3-1-11-20-13-14/h1,3-7,11,13H,2,8-10,12H2,(H,21,22). The number of halogens is 1. The molecule has 114 valence electrons. The van der Waals surface area contributed by atoms with Gasteiger partial charge in [0.05, 0.1) is 5.41 Å². The van der Waals surface area contributed by atoms with Gasteiger partial charge in [-0.1, -0.05) is 24.6 Å². The predicted molar refractivity (Wildman–Crippen MR) is 82.9 cm³/mol. The lowest BCUT2D eigenvalue weighted by atomic mass is 9.64. The maximum atomic E-state index is 13.1. The van der Waals surface area contributed by atoms with Gasteiger partial charge in [0, 0.05) is 18.9 Å². The lowest BCUT2D eigenvalue weighted by Crippen LogP contribution is -2.49. The molecule has 1 saturated carbocycles. The number of hydrogen-bond donors (Lipinski definition) is 1. The number of hydrogen-bond acceptors (Lipinski definition) is 2. The molecule has 0 aliphatic heterocycles. The molecule has 1 amide bonds. The molecule has 0 unspecified atom stereocenters. The molecule has 1 aromatic heterocycles. The Kier molecular flexibility index (Phi) is 4.18. The summed E-state index contributed by atoms with van der Waals surface area (Å²) in [5.41, 5.74) is 1.55. The molecule has 1 aromatic carbocycles. The van der Waals surface area contributed by atoms with Crippen molar-refractivity contribution in [2.24, 2.45) is 0 Å². The van der Waals surface area contributed by atoms with Crippen LogP contribution in [0.15, 0.2) is 48.8 Å². The van der Waals surface area contributed by atoms with Gasteiger partial charge in [-0.3, -0.25) is 9.78 Å².